The molecule has 0 radical (unpaired) electrons. The highest BCUT2D eigenvalue weighted by Gasteiger charge is 2.16. The molecule has 1 aromatic carbocycles. The third kappa shape index (κ3) is 3.24. The van der Waals surface area contributed by atoms with Gasteiger partial charge in [-0.05, 0) is 30.7 Å². The second-order valence-electron chi connectivity index (χ2n) is 4.49. The molecule has 0 aromatic heterocycles. The molecule has 0 aliphatic carbocycles. The summed E-state index contributed by atoms with van der Waals surface area (Å²) in [6.45, 7) is 2.59. The number of rotatable bonds is 3. The van der Waals surface area contributed by atoms with Crippen molar-refractivity contribution in [2.24, 2.45) is 0 Å². The summed E-state index contributed by atoms with van der Waals surface area (Å²) in [5.74, 6) is 0.668. The summed E-state index contributed by atoms with van der Waals surface area (Å²) in [5.41, 5.74) is 1.49. The molecule has 5 nitrogen and oxygen atoms in total. The van der Waals surface area contributed by atoms with Crippen LogP contribution >= 0.6 is 0 Å². The smallest absolute Gasteiger partial charge is 0.236 e. The van der Waals surface area contributed by atoms with E-state index < -0.39 is 0 Å². The molecule has 5 heteroatoms. The van der Waals surface area contributed by atoms with Crippen LogP contribution in [0.4, 0.5) is 0 Å². The topological polar surface area (TPSA) is 65.4 Å². The molecule has 0 unspecified atom stereocenters. The van der Waals surface area contributed by atoms with Gasteiger partial charge in [-0.25, -0.2) is 0 Å². The first-order valence-electron chi connectivity index (χ1n) is 6.30. The van der Waals surface area contributed by atoms with Crippen LogP contribution in [-0.4, -0.2) is 37.6 Å². The van der Waals surface area contributed by atoms with Gasteiger partial charge < -0.3 is 15.0 Å². The molecule has 0 saturated carbocycles. The summed E-state index contributed by atoms with van der Waals surface area (Å²) >= 11 is 0. The number of nitriles is 1. The van der Waals surface area contributed by atoms with Gasteiger partial charge in [0.25, 0.3) is 0 Å². The molecule has 1 amide bonds. The summed E-state index contributed by atoms with van der Waals surface area (Å²) in [5, 5.41) is 12.0. The second-order valence-corrected chi connectivity index (χ2v) is 4.49. The largest absolute Gasteiger partial charge is 0.495 e. The predicted octanol–water partition coefficient (Wildman–Crippen LogP) is 0.889. The van der Waals surface area contributed by atoms with Crippen LogP contribution in [0, 0.1) is 11.3 Å². The molecule has 2 rings (SSSR count). The zero-order valence-corrected chi connectivity index (χ0v) is 11.0. The molecule has 0 atom stereocenters. The van der Waals surface area contributed by atoms with Crippen LogP contribution in [0.3, 0.4) is 0 Å². The number of carbonyl (C=O) groups excluding carboxylic acids is 1. The maximum absolute atomic E-state index is 11.9. The molecule has 1 saturated heterocycles. The van der Waals surface area contributed by atoms with E-state index in [9.17, 15) is 4.79 Å². The van der Waals surface area contributed by atoms with Gasteiger partial charge in [0.05, 0.1) is 19.2 Å². The first-order chi connectivity index (χ1) is 9.24. The zero-order valence-electron chi connectivity index (χ0n) is 11.0. The standard InChI is InChI=1S/C14H17N3O2/c1-19-13-7-11(3-4-12(13)8-15)10-17-6-2-5-16-9-14(17)18/h3-4,7,16H,2,5-6,9-10H2,1H3. The molecule has 1 aromatic rings. The molecule has 0 bridgehead atoms. The van der Waals surface area contributed by atoms with Crippen molar-refractivity contribution in [2.45, 2.75) is 13.0 Å². The Balaban J connectivity index is 2.14. The van der Waals surface area contributed by atoms with Gasteiger partial charge in [0.2, 0.25) is 5.91 Å². The van der Waals surface area contributed by atoms with Crippen molar-refractivity contribution >= 4 is 5.91 Å². The van der Waals surface area contributed by atoms with Crippen molar-refractivity contribution in [3.8, 4) is 11.8 Å². The Labute approximate surface area is 112 Å². The number of hydrogen-bond donors (Lipinski definition) is 1. The van der Waals surface area contributed by atoms with Crippen molar-refractivity contribution in [3.63, 3.8) is 0 Å². The number of nitrogens with one attached hydrogen (secondary N) is 1. The minimum atomic E-state index is 0.112. The van der Waals surface area contributed by atoms with E-state index in [4.69, 9.17) is 10.00 Å². The van der Waals surface area contributed by atoms with Gasteiger partial charge in [-0.15, -0.1) is 0 Å². The lowest BCUT2D eigenvalue weighted by Gasteiger charge is -2.20. The van der Waals surface area contributed by atoms with Crippen molar-refractivity contribution in [3.05, 3.63) is 29.3 Å². The lowest BCUT2D eigenvalue weighted by Crippen LogP contribution is -2.34. The Bertz CT molecular complexity index is 508. The van der Waals surface area contributed by atoms with Crippen LogP contribution in [0.1, 0.15) is 17.5 Å². The van der Waals surface area contributed by atoms with E-state index in [0.717, 1.165) is 25.1 Å². The highest BCUT2D eigenvalue weighted by Crippen LogP contribution is 2.20. The van der Waals surface area contributed by atoms with Crippen molar-refractivity contribution in [1.29, 1.82) is 5.26 Å². The van der Waals surface area contributed by atoms with Gasteiger partial charge in [0.15, 0.2) is 0 Å². The summed E-state index contributed by atoms with van der Waals surface area (Å²) in [6, 6.07) is 7.50. The third-order valence-electron chi connectivity index (χ3n) is 3.17. The van der Waals surface area contributed by atoms with Gasteiger partial charge in [-0.3, -0.25) is 4.79 Å². The van der Waals surface area contributed by atoms with Gasteiger partial charge in [-0.2, -0.15) is 5.26 Å². The molecule has 1 N–H and O–H groups in total. The van der Waals surface area contributed by atoms with Gasteiger partial charge >= 0.3 is 0 Å². The fraction of sp³-hybridized carbons (Fsp3) is 0.429. The lowest BCUT2D eigenvalue weighted by atomic mass is 10.1. The SMILES string of the molecule is COc1cc(CN2CCCNCC2=O)ccc1C#N. The first-order valence-corrected chi connectivity index (χ1v) is 6.30. The molecule has 1 heterocycles. The van der Waals surface area contributed by atoms with Crippen LogP contribution in [0.25, 0.3) is 0 Å². The molecule has 1 fully saturated rings. The highest BCUT2D eigenvalue weighted by molar-refractivity contribution is 5.78. The van der Waals surface area contributed by atoms with Crippen molar-refractivity contribution in [2.75, 3.05) is 26.7 Å². The quantitative estimate of drug-likeness (QED) is 0.875. The summed E-state index contributed by atoms with van der Waals surface area (Å²) in [7, 11) is 1.54. The van der Waals surface area contributed by atoms with E-state index >= 15 is 0 Å². The third-order valence-corrected chi connectivity index (χ3v) is 3.17. The van der Waals surface area contributed by atoms with E-state index in [1.165, 1.54) is 0 Å². The summed E-state index contributed by atoms with van der Waals surface area (Å²) in [6.07, 6.45) is 0.957. The molecule has 1 aliphatic heterocycles. The number of hydrogen-bond acceptors (Lipinski definition) is 4. The van der Waals surface area contributed by atoms with Gasteiger partial charge in [0, 0.05) is 13.1 Å². The number of methoxy groups -OCH3 is 1. The Morgan fingerprint density at radius 2 is 2.37 bits per heavy atom. The number of benzene rings is 1. The van der Waals surface area contributed by atoms with E-state index in [1.54, 1.807) is 13.2 Å². The minimum absolute atomic E-state index is 0.112. The fourth-order valence-electron chi connectivity index (χ4n) is 2.14. The van der Waals surface area contributed by atoms with Crippen LogP contribution in [-0.2, 0) is 11.3 Å². The predicted molar refractivity (Wildman–Crippen MR) is 70.6 cm³/mol. The Morgan fingerprint density at radius 3 is 3.11 bits per heavy atom. The van der Waals surface area contributed by atoms with Crippen LogP contribution in [0.2, 0.25) is 0 Å². The average Bonchev–Trinajstić information content (AvgIpc) is 2.64. The zero-order chi connectivity index (χ0) is 13.7. The maximum Gasteiger partial charge on any atom is 0.236 e. The number of nitrogens with zero attached hydrogens (tertiary/aromatic N) is 2. The molecular weight excluding hydrogens is 242 g/mol. The van der Waals surface area contributed by atoms with Crippen LogP contribution in [0.5, 0.6) is 5.75 Å². The number of carbonyl (C=O) groups is 1. The molecule has 0 spiro atoms. The lowest BCUT2D eigenvalue weighted by molar-refractivity contribution is -0.130. The molecule has 1 aliphatic rings. The van der Waals surface area contributed by atoms with Crippen LogP contribution < -0.4 is 10.1 Å². The second kappa shape index (κ2) is 6.21. The van der Waals surface area contributed by atoms with E-state index in [2.05, 4.69) is 11.4 Å². The molecule has 19 heavy (non-hydrogen) atoms. The molecule has 100 valence electrons. The highest BCUT2D eigenvalue weighted by atomic mass is 16.5. The number of ether oxygens (including phenoxy) is 1. The number of amides is 1. The van der Waals surface area contributed by atoms with Crippen LogP contribution in [0.15, 0.2) is 18.2 Å². The van der Waals surface area contributed by atoms with E-state index in [1.807, 2.05) is 17.0 Å². The Morgan fingerprint density at radius 1 is 1.53 bits per heavy atom. The minimum Gasteiger partial charge on any atom is -0.495 e. The average molecular weight is 259 g/mol. The summed E-state index contributed by atoms with van der Waals surface area (Å²) < 4.78 is 5.18. The monoisotopic (exact) mass is 259 g/mol. The fourth-order valence-corrected chi connectivity index (χ4v) is 2.14. The first kappa shape index (κ1) is 13.4. The Kier molecular flexibility index (Phi) is 4.37. The van der Waals surface area contributed by atoms with Crippen molar-refractivity contribution in [1.82, 2.24) is 10.2 Å². The summed E-state index contributed by atoms with van der Waals surface area (Å²) in [4.78, 5) is 13.7. The van der Waals surface area contributed by atoms with E-state index in [0.29, 0.717) is 24.4 Å². The molecular formula is C14H17N3O2. The maximum atomic E-state index is 11.9. The normalized spacial score (nSPS) is 15.8. The van der Waals surface area contributed by atoms with E-state index in [-0.39, 0.29) is 5.91 Å². The Hall–Kier alpha value is -2.06. The van der Waals surface area contributed by atoms with Crippen molar-refractivity contribution < 1.29 is 9.53 Å². The van der Waals surface area contributed by atoms with Gasteiger partial charge in [-0.1, -0.05) is 6.07 Å². The van der Waals surface area contributed by atoms with Gasteiger partial charge in [0.1, 0.15) is 11.8 Å².